The third-order valence-corrected chi connectivity index (χ3v) is 5.43. The Balaban J connectivity index is 1.45. The van der Waals surface area contributed by atoms with Gasteiger partial charge in [0.05, 0.1) is 11.6 Å². The minimum atomic E-state index is -0.553. The lowest BCUT2D eigenvalue weighted by atomic mass is 10.1. The van der Waals surface area contributed by atoms with E-state index in [9.17, 15) is 19.2 Å². The standard InChI is InChI=1S/C23H22N2O5/c1-15-12-18(10-11-19(15)25-20(26)8-5-9-21(25)27)30-23(29)16-13-22(28)24(14-16)17-6-3-2-4-7-17/h2-4,6-7,10-12,16H,5,8-9,13-14H2,1H3/t16-/m0/s1. The summed E-state index contributed by atoms with van der Waals surface area (Å²) < 4.78 is 5.50. The lowest BCUT2D eigenvalue weighted by molar-refractivity contribution is -0.139. The van der Waals surface area contributed by atoms with Gasteiger partial charge < -0.3 is 9.64 Å². The minimum Gasteiger partial charge on any atom is -0.426 e. The molecule has 2 heterocycles. The molecule has 2 fully saturated rings. The van der Waals surface area contributed by atoms with Crippen LogP contribution in [-0.4, -0.2) is 30.2 Å². The van der Waals surface area contributed by atoms with Crippen molar-refractivity contribution in [3.05, 3.63) is 54.1 Å². The zero-order chi connectivity index (χ0) is 21.3. The monoisotopic (exact) mass is 406 g/mol. The second kappa shape index (κ2) is 8.10. The van der Waals surface area contributed by atoms with Crippen molar-refractivity contribution < 1.29 is 23.9 Å². The van der Waals surface area contributed by atoms with Crippen LogP contribution in [0.1, 0.15) is 31.2 Å². The Morgan fingerprint density at radius 1 is 0.967 bits per heavy atom. The van der Waals surface area contributed by atoms with E-state index in [1.54, 1.807) is 30.0 Å². The first-order valence-electron chi connectivity index (χ1n) is 9.97. The zero-order valence-corrected chi connectivity index (χ0v) is 16.7. The Morgan fingerprint density at radius 3 is 2.33 bits per heavy atom. The average molecular weight is 406 g/mol. The number of imide groups is 1. The number of carbonyl (C=O) groups is 4. The molecule has 0 radical (unpaired) electrons. The Hall–Kier alpha value is -3.48. The van der Waals surface area contributed by atoms with Crippen LogP contribution < -0.4 is 14.5 Å². The maximum atomic E-state index is 12.6. The summed E-state index contributed by atoms with van der Waals surface area (Å²) in [7, 11) is 0. The topological polar surface area (TPSA) is 84.0 Å². The molecule has 154 valence electrons. The molecule has 2 aliphatic rings. The Kier molecular flexibility index (Phi) is 5.35. The molecule has 0 N–H and O–H groups in total. The second-order valence-electron chi connectivity index (χ2n) is 7.59. The van der Waals surface area contributed by atoms with Crippen LogP contribution in [0.25, 0.3) is 0 Å². The van der Waals surface area contributed by atoms with Gasteiger partial charge in [0.2, 0.25) is 17.7 Å². The molecule has 0 bridgehead atoms. The molecule has 2 saturated heterocycles. The van der Waals surface area contributed by atoms with Gasteiger partial charge in [-0.15, -0.1) is 0 Å². The minimum absolute atomic E-state index is 0.0988. The van der Waals surface area contributed by atoms with Crippen LogP contribution in [-0.2, 0) is 19.2 Å². The fourth-order valence-electron chi connectivity index (χ4n) is 3.89. The van der Waals surface area contributed by atoms with Crippen molar-refractivity contribution >= 4 is 35.1 Å². The summed E-state index contributed by atoms with van der Waals surface area (Å²) in [5.41, 5.74) is 1.93. The molecule has 7 nitrogen and oxygen atoms in total. The van der Waals surface area contributed by atoms with Gasteiger partial charge in [0.15, 0.2) is 0 Å². The maximum absolute atomic E-state index is 12.6. The number of benzene rings is 2. The summed E-state index contributed by atoms with van der Waals surface area (Å²) in [6.07, 6.45) is 1.36. The van der Waals surface area contributed by atoms with Gasteiger partial charge in [-0.2, -0.15) is 0 Å². The molecular formula is C23H22N2O5. The predicted octanol–water partition coefficient (Wildman–Crippen LogP) is 3.00. The summed E-state index contributed by atoms with van der Waals surface area (Å²) in [6.45, 7) is 2.04. The zero-order valence-electron chi connectivity index (χ0n) is 16.7. The van der Waals surface area contributed by atoms with Crippen molar-refractivity contribution in [3.63, 3.8) is 0 Å². The lowest BCUT2D eigenvalue weighted by Crippen LogP contribution is -2.40. The van der Waals surface area contributed by atoms with E-state index in [1.165, 1.54) is 4.90 Å². The number of hydrogen-bond donors (Lipinski definition) is 0. The number of amides is 3. The SMILES string of the molecule is Cc1cc(OC(=O)[C@H]2CC(=O)N(c3ccccc3)C2)ccc1N1C(=O)CCCC1=O. The van der Waals surface area contributed by atoms with Gasteiger partial charge in [-0.25, -0.2) is 0 Å². The van der Waals surface area contributed by atoms with Crippen molar-refractivity contribution in [2.24, 2.45) is 5.92 Å². The fraction of sp³-hybridized carbons (Fsp3) is 0.304. The second-order valence-corrected chi connectivity index (χ2v) is 7.59. The van der Waals surface area contributed by atoms with Crippen molar-refractivity contribution in [3.8, 4) is 5.75 Å². The molecule has 2 aliphatic heterocycles. The van der Waals surface area contributed by atoms with Crippen molar-refractivity contribution in [2.45, 2.75) is 32.6 Å². The molecule has 0 saturated carbocycles. The van der Waals surface area contributed by atoms with Crippen LogP contribution in [0.5, 0.6) is 5.75 Å². The molecule has 3 amide bonds. The molecule has 0 aromatic heterocycles. The number of ether oxygens (including phenoxy) is 1. The molecular weight excluding hydrogens is 384 g/mol. The Bertz CT molecular complexity index is 1000. The number of anilines is 2. The molecule has 30 heavy (non-hydrogen) atoms. The summed E-state index contributed by atoms with van der Waals surface area (Å²) in [5, 5.41) is 0. The van der Waals surface area contributed by atoms with Crippen molar-refractivity contribution in [1.29, 1.82) is 0 Å². The van der Waals surface area contributed by atoms with Crippen LogP contribution in [0.3, 0.4) is 0 Å². The van der Waals surface area contributed by atoms with Gasteiger partial charge >= 0.3 is 5.97 Å². The molecule has 1 atom stereocenters. The van der Waals surface area contributed by atoms with E-state index in [4.69, 9.17) is 4.74 Å². The van der Waals surface area contributed by atoms with Gasteiger partial charge in [-0.3, -0.25) is 24.1 Å². The summed E-state index contributed by atoms with van der Waals surface area (Å²) in [4.78, 5) is 52.1. The molecule has 0 spiro atoms. The highest BCUT2D eigenvalue weighted by atomic mass is 16.5. The van der Waals surface area contributed by atoms with Crippen LogP contribution in [0.15, 0.2) is 48.5 Å². The largest absolute Gasteiger partial charge is 0.426 e. The van der Waals surface area contributed by atoms with Crippen LogP contribution in [0.2, 0.25) is 0 Å². The van der Waals surface area contributed by atoms with E-state index in [2.05, 4.69) is 0 Å². The van der Waals surface area contributed by atoms with Crippen LogP contribution >= 0.6 is 0 Å². The normalized spacial score (nSPS) is 19.4. The fourth-order valence-corrected chi connectivity index (χ4v) is 3.89. The third kappa shape index (κ3) is 3.83. The van der Waals surface area contributed by atoms with Gasteiger partial charge in [-0.05, 0) is 49.2 Å². The van der Waals surface area contributed by atoms with Crippen LogP contribution in [0.4, 0.5) is 11.4 Å². The number of nitrogens with zero attached hydrogens (tertiary/aromatic N) is 2. The predicted molar refractivity (Wildman–Crippen MR) is 110 cm³/mol. The summed E-state index contributed by atoms with van der Waals surface area (Å²) in [5.74, 6) is -1.25. The maximum Gasteiger partial charge on any atom is 0.316 e. The highest BCUT2D eigenvalue weighted by Crippen LogP contribution is 2.30. The summed E-state index contributed by atoms with van der Waals surface area (Å²) in [6, 6.07) is 14.0. The molecule has 0 unspecified atom stereocenters. The van der Waals surface area contributed by atoms with E-state index in [0.717, 1.165) is 5.69 Å². The van der Waals surface area contributed by atoms with Crippen molar-refractivity contribution in [1.82, 2.24) is 0 Å². The highest BCUT2D eigenvalue weighted by molar-refractivity contribution is 6.16. The Labute approximate surface area is 174 Å². The van der Waals surface area contributed by atoms with E-state index in [0.29, 0.717) is 36.3 Å². The number of rotatable bonds is 4. The van der Waals surface area contributed by atoms with E-state index in [1.807, 2.05) is 30.3 Å². The van der Waals surface area contributed by atoms with Crippen LogP contribution in [0, 0.1) is 12.8 Å². The van der Waals surface area contributed by atoms with E-state index in [-0.39, 0.29) is 30.7 Å². The summed E-state index contributed by atoms with van der Waals surface area (Å²) >= 11 is 0. The van der Waals surface area contributed by atoms with E-state index >= 15 is 0 Å². The van der Waals surface area contributed by atoms with Gasteiger partial charge in [0, 0.05) is 31.5 Å². The average Bonchev–Trinajstić information content (AvgIpc) is 3.12. The number of esters is 1. The quantitative estimate of drug-likeness (QED) is 0.443. The first kappa shape index (κ1) is 19.8. The molecule has 7 heteroatoms. The number of carbonyl (C=O) groups excluding carboxylic acids is 4. The number of piperidine rings is 1. The molecule has 2 aromatic rings. The lowest BCUT2D eigenvalue weighted by Gasteiger charge is -2.26. The highest BCUT2D eigenvalue weighted by Gasteiger charge is 2.36. The van der Waals surface area contributed by atoms with Crippen molar-refractivity contribution in [2.75, 3.05) is 16.3 Å². The number of para-hydroxylation sites is 1. The smallest absolute Gasteiger partial charge is 0.316 e. The Morgan fingerprint density at radius 2 is 1.67 bits per heavy atom. The van der Waals surface area contributed by atoms with Gasteiger partial charge in [-0.1, -0.05) is 18.2 Å². The third-order valence-electron chi connectivity index (χ3n) is 5.43. The van der Waals surface area contributed by atoms with Gasteiger partial charge in [0.1, 0.15) is 5.75 Å². The first-order chi connectivity index (χ1) is 14.4. The number of hydrogen-bond acceptors (Lipinski definition) is 5. The molecule has 0 aliphatic carbocycles. The van der Waals surface area contributed by atoms with Gasteiger partial charge in [0.25, 0.3) is 0 Å². The molecule has 2 aromatic carbocycles. The number of aryl methyl sites for hydroxylation is 1. The van der Waals surface area contributed by atoms with E-state index < -0.39 is 11.9 Å². The molecule has 4 rings (SSSR count). The first-order valence-corrected chi connectivity index (χ1v) is 9.97.